The van der Waals surface area contributed by atoms with Crippen LogP contribution in [0.25, 0.3) is 10.9 Å². The van der Waals surface area contributed by atoms with Crippen LogP contribution in [0.2, 0.25) is 0 Å². The van der Waals surface area contributed by atoms with E-state index in [9.17, 15) is 5.11 Å². The van der Waals surface area contributed by atoms with Gasteiger partial charge in [0.15, 0.2) is 0 Å². The van der Waals surface area contributed by atoms with Crippen molar-refractivity contribution in [3.8, 4) is 11.5 Å². The molecule has 0 aliphatic carbocycles. The highest BCUT2D eigenvalue weighted by Crippen LogP contribution is 2.25. The summed E-state index contributed by atoms with van der Waals surface area (Å²) < 4.78 is 5.80. The Morgan fingerprint density at radius 1 is 1.00 bits per heavy atom. The first-order valence-corrected chi connectivity index (χ1v) is 6.53. The molecule has 3 aromatic rings. The molecule has 0 radical (unpaired) electrons. The molecule has 2 aromatic carbocycles. The van der Waals surface area contributed by atoms with Crippen molar-refractivity contribution < 1.29 is 9.84 Å². The van der Waals surface area contributed by atoms with Gasteiger partial charge < -0.3 is 9.84 Å². The molecular formula is C17H15NO2. The SMILES string of the molecule is CC(O)c1ccc(Oc2ccc3cccnc3c2)cc1. The van der Waals surface area contributed by atoms with E-state index < -0.39 is 6.10 Å². The molecule has 1 heterocycles. The number of fused-ring (bicyclic) bond motifs is 1. The maximum atomic E-state index is 9.47. The fourth-order valence-corrected chi connectivity index (χ4v) is 2.06. The number of pyridine rings is 1. The molecule has 3 rings (SSSR count). The van der Waals surface area contributed by atoms with Gasteiger partial charge in [-0.1, -0.05) is 18.2 Å². The number of aromatic nitrogens is 1. The Balaban J connectivity index is 1.85. The maximum absolute atomic E-state index is 9.47. The molecule has 100 valence electrons. The van der Waals surface area contributed by atoms with Crippen LogP contribution in [0, 0.1) is 0 Å². The van der Waals surface area contributed by atoms with Crippen LogP contribution in [-0.4, -0.2) is 10.1 Å². The Kier molecular flexibility index (Phi) is 3.35. The molecule has 0 spiro atoms. The van der Waals surface area contributed by atoms with Crippen LogP contribution in [-0.2, 0) is 0 Å². The zero-order valence-corrected chi connectivity index (χ0v) is 11.2. The van der Waals surface area contributed by atoms with Crippen molar-refractivity contribution in [2.45, 2.75) is 13.0 Å². The molecule has 1 aromatic heterocycles. The molecule has 1 unspecified atom stereocenters. The predicted octanol–water partition coefficient (Wildman–Crippen LogP) is 4.08. The summed E-state index contributed by atoms with van der Waals surface area (Å²) in [5.74, 6) is 1.49. The Morgan fingerprint density at radius 3 is 2.50 bits per heavy atom. The second-order valence-electron chi connectivity index (χ2n) is 4.70. The van der Waals surface area contributed by atoms with E-state index in [1.54, 1.807) is 13.1 Å². The van der Waals surface area contributed by atoms with E-state index in [0.29, 0.717) is 0 Å². The minimum Gasteiger partial charge on any atom is -0.457 e. The Labute approximate surface area is 117 Å². The summed E-state index contributed by atoms with van der Waals surface area (Å²) in [6.07, 6.45) is 1.30. The summed E-state index contributed by atoms with van der Waals surface area (Å²) in [5, 5.41) is 10.6. The van der Waals surface area contributed by atoms with E-state index in [0.717, 1.165) is 28.0 Å². The molecule has 0 bridgehead atoms. The maximum Gasteiger partial charge on any atom is 0.129 e. The Hall–Kier alpha value is -2.39. The summed E-state index contributed by atoms with van der Waals surface area (Å²) in [4.78, 5) is 4.31. The van der Waals surface area contributed by atoms with Gasteiger partial charge in [0.1, 0.15) is 11.5 Å². The van der Waals surface area contributed by atoms with Crippen molar-refractivity contribution in [1.29, 1.82) is 0 Å². The van der Waals surface area contributed by atoms with Gasteiger partial charge in [-0.25, -0.2) is 0 Å². The molecule has 0 saturated carbocycles. The minimum absolute atomic E-state index is 0.464. The lowest BCUT2D eigenvalue weighted by Crippen LogP contribution is -1.91. The summed E-state index contributed by atoms with van der Waals surface area (Å²) in [7, 11) is 0. The Morgan fingerprint density at radius 2 is 1.75 bits per heavy atom. The number of rotatable bonds is 3. The first kappa shape index (κ1) is 12.6. The summed E-state index contributed by atoms with van der Waals surface area (Å²) in [6, 6.07) is 17.2. The van der Waals surface area contributed by atoms with E-state index in [1.807, 2.05) is 54.6 Å². The van der Waals surface area contributed by atoms with E-state index >= 15 is 0 Å². The van der Waals surface area contributed by atoms with Gasteiger partial charge in [-0.3, -0.25) is 4.98 Å². The van der Waals surface area contributed by atoms with Gasteiger partial charge in [-0.15, -0.1) is 0 Å². The van der Waals surface area contributed by atoms with Crippen LogP contribution in [0.4, 0.5) is 0 Å². The van der Waals surface area contributed by atoms with Crippen molar-refractivity contribution in [3.63, 3.8) is 0 Å². The summed E-state index contributed by atoms with van der Waals surface area (Å²) in [6.45, 7) is 1.74. The molecule has 0 fully saturated rings. The van der Waals surface area contributed by atoms with Crippen LogP contribution in [0.1, 0.15) is 18.6 Å². The molecule has 1 N–H and O–H groups in total. The third kappa shape index (κ3) is 2.63. The number of benzene rings is 2. The largest absolute Gasteiger partial charge is 0.457 e. The molecule has 0 aliphatic rings. The fraction of sp³-hybridized carbons (Fsp3) is 0.118. The highest BCUT2D eigenvalue weighted by molar-refractivity contribution is 5.79. The van der Waals surface area contributed by atoms with Crippen molar-refractivity contribution in [3.05, 3.63) is 66.4 Å². The van der Waals surface area contributed by atoms with E-state index in [2.05, 4.69) is 4.98 Å². The highest BCUT2D eigenvalue weighted by atomic mass is 16.5. The molecule has 3 nitrogen and oxygen atoms in total. The van der Waals surface area contributed by atoms with Crippen LogP contribution in [0.3, 0.4) is 0 Å². The standard InChI is InChI=1S/C17H15NO2/c1-12(19)13-4-7-15(8-5-13)20-16-9-6-14-3-2-10-18-17(14)11-16/h2-12,19H,1H3. The van der Waals surface area contributed by atoms with Gasteiger partial charge in [0.25, 0.3) is 0 Å². The van der Waals surface area contributed by atoms with Gasteiger partial charge >= 0.3 is 0 Å². The van der Waals surface area contributed by atoms with Crippen molar-refractivity contribution in [2.24, 2.45) is 0 Å². The third-order valence-electron chi connectivity index (χ3n) is 3.18. The molecule has 20 heavy (non-hydrogen) atoms. The summed E-state index contributed by atoms with van der Waals surface area (Å²) >= 11 is 0. The van der Waals surface area contributed by atoms with Crippen LogP contribution < -0.4 is 4.74 Å². The second-order valence-corrected chi connectivity index (χ2v) is 4.70. The zero-order chi connectivity index (χ0) is 13.9. The van der Waals surface area contributed by atoms with Gasteiger partial charge in [0.2, 0.25) is 0 Å². The number of hydrogen-bond acceptors (Lipinski definition) is 3. The second kappa shape index (κ2) is 5.31. The molecule has 1 atom stereocenters. The monoisotopic (exact) mass is 265 g/mol. The minimum atomic E-state index is -0.464. The Bertz CT molecular complexity index is 720. The van der Waals surface area contributed by atoms with Gasteiger partial charge in [-0.05, 0) is 42.8 Å². The third-order valence-corrected chi connectivity index (χ3v) is 3.18. The van der Waals surface area contributed by atoms with Crippen molar-refractivity contribution in [1.82, 2.24) is 4.98 Å². The number of aliphatic hydroxyl groups excluding tert-OH is 1. The topological polar surface area (TPSA) is 42.4 Å². The number of aliphatic hydroxyl groups is 1. The van der Waals surface area contributed by atoms with Crippen LogP contribution >= 0.6 is 0 Å². The van der Waals surface area contributed by atoms with E-state index in [1.165, 1.54) is 0 Å². The quantitative estimate of drug-likeness (QED) is 0.775. The fourth-order valence-electron chi connectivity index (χ4n) is 2.06. The lowest BCUT2D eigenvalue weighted by Gasteiger charge is -2.08. The van der Waals surface area contributed by atoms with Gasteiger partial charge in [0.05, 0.1) is 11.6 Å². The molecule has 3 heteroatoms. The van der Waals surface area contributed by atoms with Gasteiger partial charge in [0, 0.05) is 17.6 Å². The van der Waals surface area contributed by atoms with Crippen molar-refractivity contribution >= 4 is 10.9 Å². The first-order chi connectivity index (χ1) is 9.72. The van der Waals surface area contributed by atoms with Crippen LogP contribution in [0.15, 0.2) is 60.8 Å². The lowest BCUT2D eigenvalue weighted by molar-refractivity contribution is 0.199. The smallest absolute Gasteiger partial charge is 0.129 e. The normalized spacial score (nSPS) is 12.3. The lowest BCUT2D eigenvalue weighted by atomic mass is 10.1. The van der Waals surface area contributed by atoms with E-state index in [-0.39, 0.29) is 0 Å². The number of hydrogen-bond donors (Lipinski definition) is 1. The summed E-state index contributed by atoms with van der Waals surface area (Å²) in [5.41, 5.74) is 1.78. The molecule has 0 saturated heterocycles. The van der Waals surface area contributed by atoms with Gasteiger partial charge in [-0.2, -0.15) is 0 Å². The average molecular weight is 265 g/mol. The first-order valence-electron chi connectivity index (χ1n) is 6.53. The molecule has 0 amide bonds. The number of ether oxygens (including phenoxy) is 1. The van der Waals surface area contributed by atoms with E-state index in [4.69, 9.17) is 4.74 Å². The molecular weight excluding hydrogens is 250 g/mol. The van der Waals surface area contributed by atoms with Crippen molar-refractivity contribution in [2.75, 3.05) is 0 Å². The molecule has 0 aliphatic heterocycles. The number of nitrogens with zero attached hydrogens (tertiary/aromatic N) is 1. The zero-order valence-electron chi connectivity index (χ0n) is 11.2. The highest BCUT2D eigenvalue weighted by Gasteiger charge is 2.03. The van der Waals surface area contributed by atoms with Crippen LogP contribution in [0.5, 0.6) is 11.5 Å². The predicted molar refractivity (Wildman–Crippen MR) is 78.9 cm³/mol. The average Bonchev–Trinajstić information content (AvgIpc) is 2.48.